The lowest BCUT2D eigenvalue weighted by Crippen LogP contribution is -2.38. The minimum absolute atomic E-state index is 0.185. The van der Waals surface area contributed by atoms with Crippen molar-refractivity contribution in [2.75, 3.05) is 0 Å². The van der Waals surface area contributed by atoms with Crippen LogP contribution in [0.1, 0.15) is 30.5 Å². The first kappa shape index (κ1) is 21.9. The summed E-state index contributed by atoms with van der Waals surface area (Å²) in [5, 5.41) is 17.8. The molecule has 0 aliphatic rings. The molecular formula is C20H20Cl2N4O4. The molecule has 158 valence electrons. The van der Waals surface area contributed by atoms with E-state index in [0.717, 1.165) is 21.4 Å². The van der Waals surface area contributed by atoms with Crippen LogP contribution in [0.2, 0.25) is 10.0 Å². The molecule has 1 aromatic heterocycles. The molecule has 0 aliphatic heterocycles. The molecule has 0 amide bonds. The minimum atomic E-state index is -1.36. The smallest absolute Gasteiger partial charge is 0.368 e. The van der Waals surface area contributed by atoms with Crippen LogP contribution >= 0.6 is 23.2 Å². The third kappa shape index (κ3) is 4.34. The molecule has 0 aliphatic carbocycles. The molecule has 0 unspecified atom stereocenters. The van der Waals surface area contributed by atoms with Gasteiger partial charge in [-0.3, -0.25) is 0 Å². The van der Waals surface area contributed by atoms with Crippen LogP contribution in [0, 0.1) is 13.8 Å². The van der Waals surface area contributed by atoms with Gasteiger partial charge < -0.3 is 9.84 Å². The zero-order chi connectivity index (χ0) is 22.2. The number of hydrogen-bond donors (Lipinski definition) is 1. The van der Waals surface area contributed by atoms with E-state index in [9.17, 15) is 14.7 Å². The van der Waals surface area contributed by atoms with Crippen LogP contribution in [0.25, 0.3) is 5.69 Å². The van der Waals surface area contributed by atoms with E-state index in [-0.39, 0.29) is 6.54 Å². The van der Waals surface area contributed by atoms with E-state index in [1.54, 1.807) is 12.1 Å². The lowest BCUT2D eigenvalue weighted by molar-refractivity contribution is -0.152. The molecule has 30 heavy (non-hydrogen) atoms. The van der Waals surface area contributed by atoms with E-state index in [4.69, 9.17) is 27.9 Å². The van der Waals surface area contributed by atoms with Crippen LogP contribution in [-0.2, 0) is 11.3 Å². The molecule has 2 aromatic carbocycles. The molecule has 0 saturated carbocycles. The second-order valence-electron chi connectivity index (χ2n) is 7.41. The normalized spacial score (nSPS) is 11.5. The number of carboxylic acid groups (broad SMARTS) is 1. The van der Waals surface area contributed by atoms with Crippen molar-refractivity contribution in [2.24, 2.45) is 0 Å². The summed E-state index contributed by atoms with van der Waals surface area (Å²) in [6.45, 7) is 6.80. The Hall–Kier alpha value is -2.84. The predicted octanol–water partition coefficient (Wildman–Crippen LogP) is 3.64. The minimum Gasteiger partial charge on any atom is -0.478 e. The van der Waals surface area contributed by atoms with Crippen molar-refractivity contribution in [3.05, 3.63) is 67.6 Å². The first-order valence-corrected chi connectivity index (χ1v) is 9.76. The largest absolute Gasteiger partial charge is 0.478 e. The first-order valence-electron chi connectivity index (χ1n) is 9.00. The van der Waals surface area contributed by atoms with Crippen molar-refractivity contribution < 1.29 is 14.6 Å². The quantitative estimate of drug-likeness (QED) is 0.615. The Labute approximate surface area is 182 Å². The highest BCUT2D eigenvalue weighted by Gasteiger charge is 2.30. The first-order chi connectivity index (χ1) is 14.0. The number of aliphatic carboxylic acids is 1. The summed E-state index contributed by atoms with van der Waals surface area (Å²) in [5.41, 5.74) is 0.960. The van der Waals surface area contributed by atoms with Gasteiger partial charge >= 0.3 is 11.7 Å². The molecule has 10 heteroatoms. The molecule has 8 nitrogen and oxygen atoms in total. The molecule has 3 aromatic rings. The highest BCUT2D eigenvalue weighted by molar-refractivity contribution is 6.42. The molecule has 1 heterocycles. The summed E-state index contributed by atoms with van der Waals surface area (Å²) in [6.07, 6.45) is 0. The molecule has 0 bridgehead atoms. The SMILES string of the molecule is Cc1cc(Cn2nnn(-c3ccc(Cl)c(Cl)c3)c2=O)cc(C)c1OC(C)(C)C(=O)O. The Morgan fingerprint density at radius 2 is 1.73 bits per heavy atom. The lowest BCUT2D eigenvalue weighted by Gasteiger charge is -2.24. The molecule has 0 saturated heterocycles. The number of tetrazole rings is 1. The average molecular weight is 451 g/mol. The third-order valence-electron chi connectivity index (χ3n) is 4.51. The summed E-state index contributed by atoms with van der Waals surface area (Å²) < 4.78 is 8.07. The molecule has 0 atom stereocenters. The van der Waals surface area contributed by atoms with Crippen molar-refractivity contribution in [3.63, 3.8) is 0 Å². The molecular weight excluding hydrogens is 431 g/mol. The number of benzene rings is 2. The van der Waals surface area contributed by atoms with Gasteiger partial charge in [-0.15, -0.1) is 0 Å². The Morgan fingerprint density at radius 3 is 2.30 bits per heavy atom. The van der Waals surface area contributed by atoms with Gasteiger partial charge in [0.15, 0.2) is 5.60 Å². The lowest BCUT2D eigenvalue weighted by atomic mass is 10.0. The third-order valence-corrected chi connectivity index (χ3v) is 5.25. The van der Waals surface area contributed by atoms with Gasteiger partial charge in [-0.2, -0.15) is 9.36 Å². The maximum atomic E-state index is 12.7. The van der Waals surface area contributed by atoms with Gasteiger partial charge in [-0.05, 0) is 73.0 Å². The zero-order valence-electron chi connectivity index (χ0n) is 16.8. The Kier molecular flexibility index (Phi) is 5.92. The fraction of sp³-hybridized carbons (Fsp3) is 0.300. The summed E-state index contributed by atoms with van der Waals surface area (Å²) in [6, 6.07) is 8.39. The van der Waals surface area contributed by atoms with Crippen LogP contribution < -0.4 is 10.4 Å². The van der Waals surface area contributed by atoms with Gasteiger partial charge in [0.05, 0.1) is 22.3 Å². The number of halogens is 2. The second-order valence-corrected chi connectivity index (χ2v) is 8.22. The van der Waals surface area contributed by atoms with Crippen LogP contribution in [0.5, 0.6) is 5.75 Å². The van der Waals surface area contributed by atoms with E-state index in [2.05, 4.69) is 10.4 Å². The number of carboxylic acids is 1. The highest BCUT2D eigenvalue weighted by atomic mass is 35.5. The van der Waals surface area contributed by atoms with Crippen molar-refractivity contribution in [3.8, 4) is 11.4 Å². The van der Waals surface area contributed by atoms with E-state index in [1.807, 2.05) is 26.0 Å². The molecule has 1 N–H and O–H groups in total. The van der Waals surface area contributed by atoms with E-state index < -0.39 is 17.3 Å². The highest BCUT2D eigenvalue weighted by Crippen LogP contribution is 2.29. The van der Waals surface area contributed by atoms with Gasteiger partial charge in [0.1, 0.15) is 5.75 Å². The fourth-order valence-electron chi connectivity index (χ4n) is 2.92. The Balaban J connectivity index is 1.89. The topological polar surface area (TPSA) is 99.2 Å². The Morgan fingerprint density at radius 1 is 1.10 bits per heavy atom. The van der Waals surface area contributed by atoms with Crippen molar-refractivity contribution >= 4 is 29.2 Å². The van der Waals surface area contributed by atoms with E-state index in [0.29, 0.717) is 21.5 Å². The molecule has 0 radical (unpaired) electrons. The number of rotatable bonds is 6. The maximum absolute atomic E-state index is 12.7. The number of hydrogen-bond acceptors (Lipinski definition) is 5. The van der Waals surface area contributed by atoms with Crippen LogP contribution in [0.3, 0.4) is 0 Å². The zero-order valence-corrected chi connectivity index (χ0v) is 18.3. The van der Waals surface area contributed by atoms with Crippen molar-refractivity contribution in [1.29, 1.82) is 0 Å². The molecule has 0 spiro atoms. The van der Waals surface area contributed by atoms with Gasteiger partial charge in [0.2, 0.25) is 0 Å². The molecule has 0 fully saturated rings. The standard InChI is InChI=1S/C20H20Cl2N4O4/c1-11-7-13(8-12(2)17(11)30-20(3,4)18(27)28)10-25-19(29)26(24-23-25)14-5-6-15(21)16(22)9-14/h5-9H,10H2,1-4H3,(H,27,28). The number of carbonyl (C=O) groups is 1. The summed E-state index contributed by atoms with van der Waals surface area (Å²) in [7, 11) is 0. The Bertz CT molecular complexity index is 1160. The van der Waals surface area contributed by atoms with Crippen molar-refractivity contribution in [2.45, 2.75) is 39.8 Å². The van der Waals surface area contributed by atoms with Gasteiger partial charge in [0, 0.05) is 0 Å². The van der Waals surface area contributed by atoms with E-state index in [1.165, 1.54) is 24.6 Å². The fourth-order valence-corrected chi connectivity index (χ4v) is 3.21. The van der Waals surface area contributed by atoms with Crippen LogP contribution in [-0.4, -0.2) is 36.5 Å². The van der Waals surface area contributed by atoms with Gasteiger partial charge in [-0.1, -0.05) is 35.3 Å². The number of aryl methyl sites for hydroxylation is 2. The van der Waals surface area contributed by atoms with Crippen LogP contribution in [0.4, 0.5) is 0 Å². The second kappa shape index (κ2) is 8.12. The molecule has 3 rings (SSSR count). The number of ether oxygens (including phenoxy) is 1. The monoisotopic (exact) mass is 450 g/mol. The van der Waals surface area contributed by atoms with Gasteiger partial charge in [0.25, 0.3) is 0 Å². The van der Waals surface area contributed by atoms with Crippen LogP contribution in [0.15, 0.2) is 35.1 Å². The summed E-state index contributed by atoms with van der Waals surface area (Å²) in [4.78, 5) is 24.1. The van der Waals surface area contributed by atoms with E-state index >= 15 is 0 Å². The predicted molar refractivity (Wildman–Crippen MR) is 113 cm³/mol. The maximum Gasteiger partial charge on any atom is 0.368 e. The van der Waals surface area contributed by atoms with Crippen molar-refractivity contribution in [1.82, 2.24) is 19.8 Å². The summed E-state index contributed by atoms with van der Waals surface area (Å²) >= 11 is 11.9. The number of aromatic nitrogens is 4. The van der Waals surface area contributed by atoms with Gasteiger partial charge in [-0.25, -0.2) is 9.59 Å². The number of nitrogens with zero attached hydrogens (tertiary/aromatic N) is 4. The average Bonchev–Trinajstić information content (AvgIpc) is 3.01. The summed E-state index contributed by atoms with van der Waals surface area (Å²) in [5.74, 6) is -0.561.